The Kier molecular flexibility index (Phi) is 4.33. The molecule has 5 nitrogen and oxygen atoms in total. The maximum Gasteiger partial charge on any atom is 0.252 e. The number of carbonyl (C=O) groups excluding carboxylic acids is 1. The molecular formula is C15H17ClN4O. The van der Waals surface area contributed by atoms with Crippen LogP contribution in [0.1, 0.15) is 12.5 Å². The molecule has 1 heterocycles. The molecule has 110 valence electrons. The summed E-state index contributed by atoms with van der Waals surface area (Å²) in [6.07, 6.45) is 1.95. The van der Waals surface area contributed by atoms with E-state index in [0.29, 0.717) is 23.0 Å². The van der Waals surface area contributed by atoms with Crippen molar-refractivity contribution in [3.05, 3.63) is 45.6 Å². The lowest BCUT2D eigenvalue weighted by Crippen LogP contribution is -2.28. The number of nitrogens with two attached hydrogens (primary N) is 2. The highest BCUT2D eigenvalue weighted by molar-refractivity contribution is 6.31. The second kappa shape index (κ2) is 6.01. The average Bonchev–Trinajstić information content (AvgIpc) is 2.43. The van der Waals surface area contributed by atoms with Crippen LogP contribution in [0.5, 0.6) is 0 Å². The molecule has 1 aromatic carbocycles. The first kappa shape index (κ1) is 15.1. The number of halogens is 1. The summed E-state index contributed by atoms with van der Waals surface area (Å²) >= 11 is 5.97. The average molecular weight is 305 g/mol. The maximum absolute atomic E-state index is 11.6. The Morgan fingerprint density at radius 1 is 1.38 bits per heavy atom. The van der Waals surface area contributed by atoms with Gasteiger partial charge in [-0.15, -0.1) is 0 Å². The van der Waals surface area contributed by atoms with Crippen molar-refractivity contribution in [2.24, 2.45) is 16.5 Å². The second-order valence-corrected chi connectivity index (χ2v) is 5.19. The van der Waals surface area contributed by atoms with Gasteiger partial charge in [-0.25, -0.2) is 0 Å². The van der Waals surface area contributed by atoms with E-state index in [1.807, 2.05) is 24.3 Å². The predicted octanol–water partition coefficient (Wildman–Crippen LogP) is 1.94. The minimum Gasteiger partial charge on any atom is -0.402 e. The van der Waals surface area contributed by atoms with Crippen LogP contribution < -0.4 is 16.8 Å². The molecule has 0 aromatic heterocycles. The Morgan fingerprint density at radius 3 is 2.67 bits per heavy atom. The smallest absolute Gasteiger partial charge is 0.252 e. The fourth-order valence-corrected chi connectivity index (χ4v) is 2.47. The van der Waals surface area contributed by atoms with Crippen molar-refractivity contribution in [3.63, 3.8) is 0 Å². The zero-order chi connectivity index (χ0) is 15.6. The van der Waals surface area contributed by atoms with Gasteiger partial charge in [-0.05, 0) is 36.3 Å². The summed E-state index contributed by atoms with van der Waals surface area (Å²) in [6.45, 7) is 2.15. The summed E-state index contributed by atoms with van der Waals surface area (Å²) in [5.41, 5.74) is 15.1. The molecule has 1 aliphatic rings. The molecule has 0 atom stereocenters. The highest BCUT2D eigenvalue weighted by Gasteiger charge is 2.21. The molecule has 0 unspecified atom stereocenters. The number of rotatable bonds is 3. The Labute approximate surface area is 128 Å². The number of nitrogens with zero attached hydrogens (tertiary/aromatic N) is 1. The highest BCUT2D eigenvalue weighted by atomic mass is 35.5. The normalized spacial score (nSPS) is 15.6. The topological polar surface area (TPSA) is 93.5 Å². The van der Waals surface area contributed by atoms with Gasteiger partial charge in [0.2, 0.25) is 0 Å². The Hall–Kier alpha value is -2.27. The van der Waals surface area contributed by atoms with E-state index in [-0.39, 0.29) is 5.57 Å². The molecule has 5 N–H and O–H groups in total. The zero-order valence-corrected chi connectivity index (χ0v) is 12.7. The number of allylic oxidation sites excluding steroid dienone is 1. The van der Waals surface area contributed by atoms with Crippen molar-refractivity contribution in [2.45, 2.75) is 6.92 Å². The second-order valence-electron chi connectivity index (χ2n) is 4.75. The van der Waals surface area contributed by atoms with Crippen LogP contribution in [-0.4, -0.2) is 25.2 Å². The molecular weight excluding hydrogens is 288 g/mol. The Bertz CT molecular complexity index is 685. The monoisotopic (exact) mass is 304 g/mol. The summed E-state index contributed by atoms with van der Waals surface area (Å²) in [5.74, 6) is -0.585. The summed E-state index contributed by atoms with van der Waals surface area (Å²) in [4.78, 5) is 15.8. The molecule has 0 spiro atoms. The molecule has 1 aliphatic heterocycles. The zero-order valence-electron chi connectivity index (χ0n) is 11.9. The van der Waals surface area contributed by atoms with Crippen molar-refractivity contribution in [2.75, 3.05) is 18.9 Å². The van der Waals surface area contributed by atoms with E-state index in [9.17, 15) is 4.79 Å². The van der Waals surface area contributed by atoms with Gasteiger partial charge < -0.3 is 16.8 Å². The molecule has 21 heavy (non-hydrogen) atoms. The van der Waals surface area contributed by atoms with Gasteiger partial charge in [-0.1, -0.05) is 17.7 Å². The van der Waals surface area contributed by atoms with Gasteiger partial charge in [-0.2, -0.15) is 0 Å². The molecule has 0 fully saturated rings. The van der Waals surface area contributed by atoms with Crippen LogP contribution in [0.2, 0.25) is 5.02 Å². The molecule has 1 amide bonds. The number of primary amides is 1. The Balaban J connectivity index is 2.49. The lowest BCUT2D eigenvalue weighted by atomic mass is 9.95. The van der Waals surface area contributed by atoms with Gasteiger partial charge in [0, 0.05) is 30.0 Å². The lowest BCUT2D eigenvalue weighted by molar-refractivity contribution is -0.114. The van der Waals surface area contributed by atoms with Crippen LogP contribution in [0.25, 0.3) is 6.08 Å². The third-order valence-corrected chi connectivity index (χ3v) is 3.45. The van der Waals surface area contributed by atoms with Crippen LogP contribution in [0, 0.1) is 0 Å². The van der Waals surface area contributed by atoms with Crippen LogP contribution >= 0.6 is 11.6 Å². The van der Waals surface area contributed by atoms with E-state index in [4.69, 9.17) is 23.1 Å². The SMILES string of the molecule is CN=C(C1=Cc2ccc(Cl)cc2NC1)/C(C(N)=O)=C(\C)N. The van der Waals surface area contributed by atoms with Gasteiger partial charge in [0.15, 0.2) is 0 Å². The number of anilines is 1. The maximum atomic E-state index is 11.6. The summed E-state index contributed by atoms with van der Waals surface area (Å²) in [6, 6.07) is 5.56. The molecule has 0 aliphatic carbocycles. The van der Waals surface area contributed by atoms with Crippen LogP contribution in [-0.2, 0) is 4.79 Å². The number of amides is 1. The largest absolute Gasteiger partial charge is 0.402 e. The Morgan fingerprint density at radius 2 is 2.10 bits per heavy atom. The number of hydrogen-bond donors (Lipinski definition) is 3. The molecule has 0 saturated heterocycles. The molecule has 0 bridgehead atoms. The fraction of sp³-hybridized carbons (Fsp3) is 0.200. The number of carbonyl (C=O) groups is 1. The number of nitrogens with one attached hydrogen (secondary N) is 1. The standard InChI is InChI=1S/C15H17ClN4O/c1-8(17)13(15(18)21)14(19-2)10-5-9-3-4-11(16)6-12(9)20-7-10/h3-6,20H,7,17H2,1-2H3,(H2,18,21)/b13-8-,19-14?. The first-order valence-electron chi connectivity index (χ1n) is 6.41. The van der Waals surface area contributed by atoms with Crippen molar-refractivity contribution in [3.8, 4) is 0 Å². The van der Waals surface area contributed by atoms with Gasteiger partial charge in [0.1, 0.15) is 0 Å². The highest BCUT2D eigenvalue weighted by Crippen LogP contribution is 2.28. The van der Waals surface area contributed by atoms with Gasteiger partial charge in [0.25, 0.3) is 5.91 Å². The van der Waals surface area contributed by atoms with Crippen molar-refractivity contribution >= 4 is 35.0 Å². The predicted molar refractivity (Wildman–Crippen MR) is 87.4 cm³/mol. The van der Waals surface area contributed by atoms with Crippen LogP contribution in [0.15, 0.2) is 40.0 Å². The number of fused-ring (bicyclic) bond motifs is 1. The third kappa shape index (κ3) is 3.08. The fourth-order valence-electron chi connectivity index (χ4n) is 2.30. The number of benzene rings is 1. The third-order valence-electron chi connectivity index (χ3n) is 3.22. The van der Waals surface area contributed by atoms with E-state index in [1.54, 1.807) is 14.0 Å². The minimum atomic E-state index is -0.585. The molecule has 6 heteroatoms. The van der Waals surface area contributed by atoms with Crippen LogP contribution in [0.3, 0.4) is 0 Å². The van der Waals surface area contributed by atoms with Gasteiger partial charge >= 0.3 is 0 Å². The first-order chi connectivity index (χ1) is 9.93. The van der Waals surface area contributed by atoms with Gasteiger partial charge in [-0.3, -0.25) is 9.79 Å². The molecule has 1 aromatic rings. The summed E-state index contributed by atoms with van der Waals surface area (Å²) in [7, 11) is 1.61. The molecule has 0 saturated carbocycles. The van der Waals surface area contributed by atoms with Crippen molar-refractivity contribution < 1.29 is 4.79 Å². The van der Waals surface area contributed by atoms with E-state index in [2.05, 4.69) is 10.3 Å². The molecule has 2 rings (SSSR count). The molecule has 0 radical (unpaired) electrons. The lowest BCUT2D eigenvalue weighted by Gasteiger charge is -2.21. The number of aliphatic imine (C=N–C) groups is 1. The van der Waals surface area contributed by atoms with E-state index in [1.165, 1.54) is 0 Å². The quantitative estimate of drug-likeness (QED) is 0.588. The van der Waals surface area contributed by atoms with Crippen molar-refractivity contribution in [1.82, 2.24) is 0 Å². The van der Waals surface area contributed by atoms with Gasteiger partial charge in [0.05, 0.1) is 11.3 Å². The van der Waals surface area contributed by atoms with E-state index < -0.39 is 5.91 Å². The minimum absolute atomic E-state index is 0.253. The van der Waals surface area contributed by atoms with Crippen molar-refractivity contribution in [1.29, 1.82) is 0 Å². The first-order valence-corrected chi connectivity index (χ1v) is 6.79. The van der Waals surface area contributed by atoms with Crippen LogP contribution in [0.4, 0.5) is 5.69 Å². The van der Waals surface area contributed by atoms with E-state index in [0.717, 1.165) is 16.8 Å². The van der Waals surface area contributed by atoms with E-state index >= 15 is 0 Å². The summed E-state index contributed by atoms with van der Waals surface area (Å²) < 4.78 is 0. The number of hydrogen-bond acceptors (Lipinski definition) is 4. The summed E-state index contributed by atoms with van der Waals surface area (Å²) in [5, 5.41) is 3.92.